The van der Waals surface area contributed by atoms with Crippen LogP contribution in [-0.2, 0) is 6.54 Å². The molecular weight excluding hydrogens is 350 g/mol. The molecule has 0 amide bonds. The smallest absolute Gasteiger partial charge is 0.128 e. The van der Waals surface area contributed by atoms with Crippen LogP contribution < -0.4 is 10.1 Å². The van der Waals surface area contributed by atoms with Crippen LogP contribution in [0.4, 0.5) is 0 Å². The first-order valence-corrected chi connectivity index (χ1v) is 7.97. The average Bonchev–Trinajstić information content (AvgIpc) is 2.39. The number of hydrogen-bond acceptors (Lipinski definition) is 2. The second-order valence-electron chi connectivity index (χ2n) is 5.91. The van der Waals surface area contributed by atoms with Gasteiger partial charge in [-0.15, -0.1) is 0 Å². The molecule has 0 radical (unpaired) electrons. The minimum Gasteiger partial charge on any atom is -0.457 e. The third-order valence-corrected chi connectivity index (χ3v) is 3.87. The molecule has 0 spiro atoms. The van der Waals surface area contributed by atoms with Gasteiger partial charge in [0.15, 0.2) is 0 Å². The van der Waals surface area contributed by atoms with Gasteiger partial charge in [0.2, 0.25) is 0 Å². The molecule has 1 N–H and O–H groups in total. The van der Waals surface area contributed by atoms with Crippen LogP contribution >= 0.6 is 27.5 Å². The van der Waals surface area contributed by atoms with E-state index in [2.05, 4.69) is 48.1 Å². The van der Waals surface area contributed by atoms with Crippen LogP contribution in [0.25, 0.3) is 0 Å². The molecule has 0 aliphatic heterocycles. The van der Waals surface area contributed by atoms with Gasteiger partial charge in [-0.25, -0.2) is 0 Å². The van der Waals surface area contributed by atoms with E-state index in [-0.39, 0.29) is 5.54 Å². The summed E-state index contributed by atoms with van der Waals surface area (Å²) >= 11 is 9.46. The van der Waals surface area contributed by atoms with Gasteiger partial charge >= 0.3 is 0 Å². The van der Waals surface area contributed by atoms with Crippen molar-refractivity contribution in [3.05, 3.63) is 57.5 Å². The molecule has 0 aromatic heterocycles. The monoisotopic (exact) mass is 367 g/mol. The predicted octanol–water partition coefficient (Wildman–Crippen LogP) is 5.78. The first-order valence-electron chi connectivity index (χ1n) is 6.80. The van der Waals surface area contributed by atoms with E-state index in [1.165, 1.54) is 5.56 Å². The van der Waals surface area contributed by atoms with Crippen molar-refractivity contribution < 1.29 is 4.74 Å². The van der Waals surface area contributed by atoms with E-state index < -0.39 is 0 Å². The average molecular weight is 369 g/mol. The van der Waals surface area contributed by atoms with Crippen molar-refractivity contribution >= 4 is 27.5 Å². The normalized spacial score (nSPS) is 11.5. The SMILES string of the molecule is CC(C)(C)NCc1ccc(Oc2ccc(Cl)cc2)cc1Br. The van der Waals surface area contributed by atoms with E-state index in [1.54, 1.807) is 0 Å². The molecule has 4 heteroatoms. The molecule has 2 nitrogen and oxygen atoms in total. The van der Waals surface area contributed by atoms with Crippen molar-refractivity contribution in [2.45, 2.75) is 32.9 Å². The molecule has 0 aliphatic carbocycles. The summed E-state index contributed by atoms with van der Waals surface area (Å²) in [5.41, 5.74) is 1.30. The summed E-state index contributed by atoms with van der Waals surface area (Å²) < 4.78 is 6.84. The Morgan fingerprint density at radius 1 is 1.05 bits per heavy atom. The highest BCUT2D eigenvalue weighted by Crippen LogP contribution is 2.28. The number of nitrogens with one attached hydrogen (secondary N) is 1. The van der Waals surface area contributed by atoms with Crippen molar-refractivity contribution in [1.29, 1.82) is 0 Å². The second kappa shape index (κ2) is 6.82. The molecule has 0 fully saturated rings. The van der Waals surface area contributed by atoms with Crippen LogP contribution in [-0.4, -0.2) is 5.54 Å². The Morgan fingerprint density at radius 2 is 1.67 bits per heavy atom. The topological polar surface area (TPSA) is 21.3 Å². The minimum absolute atomic E-state index is 0.0952. The number of rotatable bonds is 4. The zero-order chi connectivity index (χ0) is 15.5. The summed E-state index contributed by atoms with van der Waals surface area (Å²) in [7, 11) is 0. The maximum Gasteiger partial charge on any atom is 0.128 e. The van der Waals surface area contributed by atoms with Gasteiger partial charge in [0.1, 0.15) is 11.5 Å². The maximum absolute atomic E-state index is 5.86. The Labute approximate surface area is 139 Å². The van der Waals surface area contributed by atoms with Gasteiger partial charge in [-0.2, -0.15) is 0 Å². The lowest BCUT2D eigenvalue weighted by atomic mass is 10.1. The number of halogens is 2. The lowest BCUT2D eigenvalue weighted by Gasteiger charge is -2.21. The lowest BCUT2D eigenvalue weighted by molar-refractivity contribution is 0.423. The van der Waals surface area contributed by atoms with Crippen LogP contribution in [0, 0.1) is 0 Å². The fourth-order valence-corrected chi connectivity index (χ4v) is 2.36. The molecule has 112 valence electrons. The Hall–Kier alpha value is -1.03. The van der Waals surface area contributed by atoms with E-state index >= 15 is 0 Å². The van der Waals surface area contributed by atoms with Gasteiger partial charge in [0, 0.05) is 21.6 Å². The molecule has 0 atom stereocenters. The zero-order valence-electron chi connectivity index (χ0n) is 12.4. The first-order chi connectivity index (χ1) is 9.83. The largest absolute Gasteiger partial charge is 0.457 e. The highest BCUT2D eigenvalue weighted by Gasteiger charge is 2.10. The van der Waals surface area contributed by atoms with Crippen LogP contribution in [0.15, 0.2) is 46.9 Å². The second-order valence-corrected chi connectivity index (χ2v) is 7.20. The van der Waals surface area contributed by atoms with Crippen molar-refractivity contribution in [2.75, 3.05) is 0 Å². The van der Waals surface area contributed by atoms with E-state index in [4.69, 9.17) is 16.3 Å². The summed E-state index contributed by atoms with van der Waals surface area (Å²) in [6.07, 6.45) is 0. The third-order valence-electron chi connectivity index (χ3n) is 2.88. The molecule has 2 aromatic rings. The van der Waals surface area contributed by atoms with E-state index in [0.717, 1.165) is 22.5 Å². The molecule has 2 aromatic carbocycles. The molecule has 0 heterocycles. The summed E-state index contributed by atoms with van der Waals surface area (Å²) in [6.45, 7) is 7.27. The van der Waals surface area contributed by atoms with Gasteiger partial charge in [0.05, 0.1) is 0 Å². The molecule has 0 aliphatic rings. The molecule has 21 heavy (non-hydrogen) atoms. The Balaban J connectivity index is 2.06. The Morgan fingerprint density at radius 3 is 2.24 bits per heavy atom. The van der Waals surface area contributed by atoms with E-state index in [9.17, 15) is 0 Å². The highest BCUT2D eigenvalue weighted by molar-refractivity contribution is 9.10. The van der Waals surface area contributed by atoms with E-state index in [1.807, 2.05) is 36.4 Å². The highest BCUT2D eigenvalue weighted by atomic mass is 79.9. The standard InChI is InChI=1S/C17H19BrClNO/c1-17(2,3)20-11-12-4-7-15(10-16(12)18)21-14-8-5-13(19)6-9-14/h4-10,20H,11H2,1-3H3. The molecule has 2 rings (SSSR count). The lowest BCUT2D eigenvalue weighted by Crippen LogP contribution is -2.35. The minimum atomic E-state index is 0.0952. The quantitative estimate of drug-likeness (QED) is 0.738. The molecule has 0 saturated carbocycles. The summed E-state index contributed by atoms with van der Waals surface area (Å²) in [6, 6.07) is 13.3. The van der Waals surface area contributed by atoms with Gasteiger partial charge in [-0.1, -0.05) is 33.6 Å². The Kier molecular flexibility index (Phi) is 5.31. The fraction of sp³-hybridized carbons (Fsp3) is 0.294. The van der Waals surface area contributed by atoms with Gasteiger partial charge < -0.3 is 10.1 Å². The molecule has 0 saturated heterocycles. The summed E-state index contributed by atoms with van der Waals surface area (Å²) in [5, 5.41) is 4.17. The van der Waals surface area contributed by atoms with Crippen molar-refractivity contribution in [1.82, 2.24) is 5.32 Å². The van der Waals surface area contributed by atoms with Crippen LogP contribution in [0.3, 0.4) is 0 Å². The number of benzene rings is 2. The predicted molar refractivity (Wildman–Crippen MR) is 92.3 cm³/mol. The summed E-state index contributed by atoms with van der Waals surface area (Å²) in [5.74, 6) is 1.57. The van der Waals surface area contributed by atoms with Gasteiger partial charge in [-0.05, 0) is 62.7 Å². The van der Waals surface area contributed by atoms with Crippen LogP contribution in [0.1, 0.15) is 26.3 Å². The van der Waals surface area contributed by atoms with E-state index in [0.29, 0.717) is 5.02 Å². The Bertz CT molecular complexity index is 605. The number of ether oxygens (including phenoxy) is 1. The molecule has 0 bridgehead atoms. The third kappa shape index (κ3) is 5.34. The van der Waals surface area contributed by atoms with Crippen molar-refractivity contribution in [3.8, 4) is 11.5 Å². The van der Waals surface area contributed by atoms with Gasteiger partial charge in [-0.3, -0.25) is 0 Å². The van der Waals surface area contributed by atoms with Crippen LogP contribution in [0.2, 0.25) is 5.02 Å². The van der Waals surface area contributed by atoms with Gasteiger partial charge in [0.25, 0.3) is 0 Å². The van der Waals surface area contributed by atoms with Crippen LogP contribution in [0.5, 0.6) is 11.5 Å². The molecular formula is C17H19BrClNO. The molecule has 0 unspecified atom stereocenters. The van der Waals surface area contributed by atoms with Crippen molar-refractivity contribution in [2.24, 2.45) is 0 Å². The first kappa shape index (κ1) is 16.3. The maximum atomic E-state index is 5.86. The summed E-state index contributed by atoms with van der Waals surface area (Å²) in [4.78, 5) is 0. The van der Waals surface area contributed by atoms with Crippen molar-refractivity contribution in [3.63, 3.8) is 0 Å². The zero-order valence-corrected chi connectivity index (χ0v) is 14.8. The number of hydrogen-bond donors (Lipinski definition) is 1. The fourth-order valence-electron chi connectivity index (χ4n) is 1.73.